The van der Waals surface area contributed by atoms with Gasteiger partial charge in [0.1, 0.15) is 6.54 Å². The van der Waals surface area contributed by atoms with Crippen LogP contribution in [-0.2, 0) is 14.8 Å². The maximum Gasteiger partial charge on any atom is 0.402 e. The molecule has 2 rings (SSSR count). The second-order valence-electron chi connectivity index (χ2n) is 7.27. The minimum atomic E-state index is -4.58. The van der Waals surface area contributed by atoms with E-state index in [-0.39, 0.29) is 18.7 Å². The van der Waals surface area contributed by atoms with Crippen molar-refractivity contribution in [2.75, 3.05) is 39.0 Å². The van der Waals surface area contributed by atoms with Gasteiger partial charge in [0.2, 0.25) is 15.9 Å². The van der Waals surface area contributed by atoms with Gasteiger partial charge in [0.25, 0.3) is 0 Å². The van der Waals surface area contributed by atoms with Crippen molar-refractivity contribution in [3.05, 3.63) is 0 Å². The van der Waals surface area contributed by atoms with Crippen LogP contribution >= 0.6 is 0 Å². The first-order valence-electron chi connectivity index (χ1n) is 9.08. The molecule has 1 N–H and O–H groups in total. The van der Waals surface area contributed by atoms with Crippen LogP contribution in [0.15, 0.2) is 0 Å². The van der Waals surface area contributed by atoms with Crippen molar-refractivity contribution in [3.8, 4) is 0 Å². The van der Waals surface area contributed by atoms with E-state index >= 15 is 0 Å². The molecule has 0 bridgehead atoms. The summed E-state index contributed by atoms with van der Waals surface area (Å²) in [6, 6.07) is -0.708. The van der Waals surface area contributed by atoms with Gasteiger partial charge in [-0.25, -0.2) is 8.42 Å². The molecule has 10 heteroatoms. The fraction of sp³-hybridized carbons (Fsp3) is 0.938. The lowest BCUT2D eigenvalue weighted by molar-refractivity contribution is -0.143. The molecule has 0 spiro atoms. The monoisotopic (exact) mass is 399 g/mol. The number of likely N-dealkylation sites (tertiary alicyclic amines) is 1. The minimum absolute atomic E-state index is 0.0173. The highest BCUT2D eigenvalue weighted by Crippen LogP contribution is 2.26. The second kappa shape index (κ2) is 8.88. The molecule has 2 heterocycles. The molecule has 2 saturated heterocycles. The zero-order valence-corrected chi connectivity index (χ0v) is 15.9. The summed E-state index contributed by atoms with van der Waals surface area (Å²) < 4.78 is 62.1. The Kier molecular flexibility index (Phi) is 7.32. The molecule has 0 aromatic rings. The Morgan fingerprint density at radius 2 is 1.73 bits per heavy atom. The lowest BCUT2D eigenvalue weighted by Gasteiger charge is -2.37. The molecule has 2 aliphatic heterocycles. The zero-order chi connectivity index (χ0) is 19.4. The fourth-order valence-electron chi connectivity index (χ4n) is 3.75. The number of carbonyl (C=O) groups excluding carboxylic acids is 1. The largest absolute Gasteiger partial charge is 0.402 e. The molecule has 0 saturated carbocycles. The summed E-state index contributed by atoms with van der Waals surface area (Å²) in [6.45, 7) is 1.09. The van der Waals surface area contributed by atoms with Crippen molar-refractivity contribution >= 4 is 15.9 Å². The van der Waals surface area contributed by atoms with Gasteiger partial charge in [0.15, 0.2) is 0 Å². The number of hydrogen-bond acceptors (Lipinski definition) is 4. The van der Waals surface area contributed by atoms with Crippen LogP contribution in [0.4, 0.5) is 13.2 Å². The molecule has 0 aliphatic carbocycles. The number of carbonyl (C=O) groups is 1. The van der Waals surface area contributed by atoms with Gasteiger partial charge in [0, 0.05) is 25.6 Å². The third-order valence-electron chi connectivity index (χ3n) is 5.21. The van der Waals surface area contributed by atoms with Crippen LogP contribution < -0.4 is 5.32 Å². The quantitative estimate of drug-likeness (QED) is 0.736. The third-order valence-corrected chi connectivity index (χ3v) is 6.49. The summed E-state index contributed by atoms with van der Waals surface area (Å²) in [5.74, 6) is 0.564. The maximum atomic E-state index is 12.7. The van der Waals surface area contributed by atoms with Crippen LogP contribution in [0.5, 0.6) is 0 Å². The van der Waals surface area contributed by atoms with E-state index in [0.717, 1.165) is 38.6 Å². The molecular formula is C16H28F3N3O3S. The summed E-state index contributed by atoms with van der Waals surface area (Å²) in [6.07, 6.45) is 0.120. The van der Waals surface area contributed by atoms with Crippen molar-refractivity contribution in [2.45, 2.75) is 50.7 Å². The maximum absolute atomic E-state index is 12.7. The third kappa shape index (κ3) is 6.70. The van der Waals surface area contributed by atoms with E-state index in [1.807, 2.05) is 0 Å². The topological polar surface area (TPSA) is 69.7 Å². The second-order valence-corrected chi connectivity index (χ2v) is 9.20. The first kappa shape index (κ1) is 21.4. The van der Waals surface area contributed by atoms with Crippen molar-refractivity contribution in [2.24, 2.45) is 5.92 Å². The number of alkyl halides is 3. The Labute approximate surface area is 153 Å². The molecule has 0 aromatic carbocycles. The molecule has 2 fully saturated rings. The van der Waals surface area contributed by atoms with E-state index < -0.39 is 28.8 Å². The highest BCUT2D eigenvalue weighted by Gasteiger charge is 2.39. The van der Waals surface area contributed by atoms with E-state index in [9.17, 15) is 26.4 Å². The number of sulfonamides is 1. The van der Waals surface area contributed by atoms with Gasteiger partial charge in [0.05, 0.1) is 6.26 Å². The van der Waals surface area contributed by atoms with E-state index in [2.05, 4.69) is 5.32 Å². The highest BCUT2D eigenvalue weighted by molar-refractivity contribution is 7.88. The number of nitrogens with zero attached hydrogens (tertiary/aromatic N) is 2. The van der Waals surface area contributed by atoms with Gasteiger partial charge >= 0.3 is 6.18 Å². The molecule has 0 atom stereocenters. The van der Waals surface area contributed by atoms with Gasteiger partial charge in [-0.2, -0.15) is 17.5 Å². The minimum Gasteiger partial charge on any atom is -0.343 e. The Hall–Kier alpha value is -0.870. The van der Waals surface area contributed by atoms with Gasteiger partial charge in [-0.3, -0.25) is 4.79 Å². The molecule has 152 valence electrons. The average molecular weight is 399 g/mol. The normalized spacial score (nSPS) is 21.3. The number of amides is 1. The first-order chi connectivity index (χ1) is 12.1. The lowest BCUT2D eigenvalue weighted by atomic mass is 9.93. The van der Waals surface area contributed by atoms with Crippen molar-refractivity contribution in [1.29, 1.82) is 0 Å². The Balaban J connectivity index is 1.83. The van der Waals surface area contributed by atoms with Crippen LogP contribution in [0.3, 0.4) is 0 Å². The summed E-state index contributed by atoms with van der Waals surface area (Å²) in [7, 11) is -3.96. The van der Waals surface area contributed by atoms with Crippen molar-refractivity contribution in [3.63, 3.8) is 0 Å². The van der Waals surface area contributed by atoms with Crippen LogP contribution in [0.1, 0.15) is 38.5 Å². The molecule has 2 aliphatic rings. The smallest absolute Gasteiger partial charge is 0.343 e. The van der Waals surface area contributed by atoms with Gasteiger partial charge in [-0.05, 0) is 51.1 Å². The Morgan fingerprint density at radius 3 is 2.23 bits per heavy atom. The number of piperidine rings is 2. The Bertz CT molecular complexity index is 569. The summed E-state index contributed by atoms with van der Waals surface area (Å²) in [4.78, 5) is 14.0. The number of nitrogens with one attached hydrogen (secondary N) is 1. The molecule has 0 aromatic heterocycles. The molecule has 6 nitrogen and oxygen atoms in total. The summed E-state index contributed by atoms with van der Waals surface area (Å²) in [5.41, 5.74) is 0. The van der Waals surface area contributed by atoms with Gasteiger partial charge in [-0.15, -0.1) is 0 Å². The van der Waals surface area contributed by atoms with Crippen molar-refractivity contribution in [1.82, 2.24) is 14.5 Å². The first-order valence-corrected chi connectivity index (χ1v) is 10.9. The number of hydrogen-bond donors (Lipinski definition) is 1. The highest BCUT2D eigenvalue weighted by atomic mass is 32.2. The standard InChI is InChI=1S/C16H28F3N3O3S/c1-26(24,25)22(12-16(17,18)19)14-6-10-21(11-7-14)15(23)3-2-13-4-8-20-9-5-13/h13-14,20H,2-12H2,1H3. The van der Waals surface area contributed by atoms with E-state index in [1.54, 1.807) is 4.90 Å². The average Bonchev–Trinajstić information content (AvgIpc) is 2.57. The zero-order valence-electron chi connectivity index (χ0n) is 15.1. The van der Waals surface area contributed by atoms with Gasteiger partial charge < -0.3 is 10.2 Å². The molecule has 26 heavy (non-hydrogen) atoms. The lowest BCUT2D eigenvalue weighted by Crippen LogP contribution is -2.51. The SMILES string of the molecule is CS(=O)(=O)N(CC(F)(F)F)C1CCN(C(=O)CCC2CCNCC2)CC1. The van der Waals surface area contributed by atoms with Crippen LogP contribution in [0.25, 0.3) is 0 Å². The van der Waals surface area contributed by atoms with Crippen molar-refractivity contribution < 1.29 is 26.4 Å². The van der Waals surface area contributed by atoms with Gasteiger partial charge in [-0.1, -0.05) is 0 Å². The predicted octanol–water partition coefficient (Wildman–Crippen LogP) is 1.58. The molecule has 0 unspecified atom stereocenters. The van der Waals surface area contributed by atoms with Crippen LogP contribution in [0.2, 0.25) is 0 Å². The van der Waals surface area contributed by atoms with E-state index in [0.29, 0.717) is 29.7 Å². The van der Waals surface area contributed by atoms with Crippen LogP contribution in [0, 0.1) is 5.92 Å². The Morgan fingerprint density at radius 1 is 1.15 bits per heavy atom. The number of rotatable bonds is 6. The van der Waals surface area contributed by atoms with E-state index in [1.165, 1.54) is 0 Å². The summed E-state index contributed by atoms with van der Waals surface area (Å²) >= 11 is 0. The predicted molar refractivity (Wildman–Crippen MR) is 92.0 cm³/mol. The molecule has 1 amide bonds. The fourth-order valence-corrected chi connectivity index (χ4v) is 4.89. The number of halogens is 3. The van der Waals surface area contributed by atoms with E-state index in [4.69, 9.17) is 0 Å². The summed E-state index contributed by atoms with van der Waals surface area (Å²) in [5, 5.41) is 3.28. The molecule has 0 radical (unpaired) electrons. The van der Waals surface area contributed by atoms with Crippen LogP contribution in [-0.4, -0.2) is 74.7 Å². The molecular weight excluding hydrogens is 371 g/mol.